The van der Waals surface area contributed by atoms with Crippen LogP contribution in [0.15, 0.2) is 48.8 Å². The highest BCUT2D eigenvalue weighted by molar-refractivity contribution is 6.12. The highest BCUT2D eigenvalue weighted by atomic mass is 16.1. The molecule has 1 fully saturated rings. The number of hydrogen-bond acceptors (Lipinski definition) is 6. The van der Waals surface area contributed by atoms with Crippen molar-refractivity contribution in [1.82, 2.24) is 20.1 Å². The molecule has 0 saturated carbocycles. The summed E-state index contributed by atoms with van der Waals surface area (Å²) in [4.78, 5) is 21.4. The Hall–Kier alpha value is -3.06. The van der Waals surface area contributed by atoms with Crippen molar-refractivity contribution >= 4 is 28.2 Å². The highest BCUT2D eigenvalue weighted by Gasteiger charge is 2.20. The van der Waals surface area contributed by atoms with Gasteiger partial charge in [-0.05, 0) is 32.1 Å². The molecule has 7 heteroatoms. The van der Waals surface area contributed by atoms with Crippen LogP contribution in [0, 0.1) is 0 Å². The molecule has 3 heterocycles. The molecule has 0 radical (unpaired) electrons. The third-order valence-corrected chi connectivity index (χ3v) is 4.82. The fourth-order valence-corrected chi connectivity index (χ4v) is 3.38. The summed E-state index contributed by atoms with van der Waals surface area (Å²) in [6.45, 7) is 3.90. The zero-order chi connectivity index (χ0) is 18.6. The van der Waals surface area contributed by atoms with E-state index in [1.54, 1.807) is 24.5 Å². The Labute approximate surface area is 158 Å². The Kier molecular flexibility index (Phi) is 4.93. The normalized spacial score (nSPS) is 15.5. The van der Waals surface area contributed by atoms with Gasteiger partial charge in [0.15, 0.2) is 11.5 Å². The molecule has 1 aliphatic rings. The molecule has 1 aliphatic heterocycles. The van der Waals surface area contributed by atoms with Crippen molar-refractivity contribution in [3.8, 4) is 0 Å². The van der Waals surface area contributed by atoms with Crippen molar-refractivity contribution in [2.75, 3.05) is 43.4 Å². The lowest BCUT2D eigenvalue weighted by molar-refractivity contribution is 0.102. The zero-order valence-electron chi connectivity index (χ0n) is 15.3. The van der Waals surface area contributed by atoms with E-state index in [1.165, 1.54) is 0 Å². The summed E-state index contributed by atoms with van der Waals surface area (Å²) >= 11 is 0. The second kappa shape index (κ2) is 7.67. The smallest absolute Gasteiger partial charge is 0.276 e. The van der Waals surface area contributed by atoms with Gasteiger partial charge in [-0.2, -0.15) is 0 Å². The van der Waals surface area contributed by atoms with Gasteiger partial charge in [-0.25, -0.2) is 0 Å². The Morgan fingerprint density at radius 3 is 2.67 bits per heavy atom. The third-order valence-electron chi connectivity index (χ3n) is 4.82. The predicted octanol–water partition coefficient (Wildman–Crippen LogP) is 2.42. The van der Waals surface area contributed by atoms with E-state index in [0.29, 0.717) is 11.4 Å². The molecule has 1 N–H and O–H groups in total. The van der Waals surface area contributed by atoms with Crippen molar-refractivity contribution < 1.29 is 4.79 Å². The molecule has 0 unspecified atom stereocenters. The first-order valence-electron chi connectivity index (χ1n) is 9.12. The molecule has 0 bridgehead atoms. The molecular formula is C20H22N6O. The largest absolute Gasteiger partial charge is 0.353 e. The highest BCUT2D eigenvalue weighted by Crippen LogP contribution is 2.27. The second-order valence-electron chi connectivity index (χ2n) is 6.76. The SMILES string of the molecule is CN1CCCN(c2nnc(C(=O)Nc3cccnc3)c3ccccc23)CC1. The number of carbonyl (C=O) groups excluding carboxylic acids is 1. The van der Waals surface area contributed by atoms with Crippen LogP contribution in [0.3, 0.4) is 0 Å². The summed E-state index contributed by atoms with van der Waals surface area (Å²) in [5.74, 6) is 0.563. The summed E-state index contributed by atoms with van der Waals surface area (Å²) in [5, 5.41) is 13.3. The fourth-order valence-electron chi connectivity index (χ4n) is 3.38. The fraction of sp³-hybridized carbons (Fsp3) is 0.300. The number of aromatic nitrogens is 3. The number of anilines is 2. The molecule has 7 nitrogen and oxygen atoms in total. The molecule has 4 rings (SSSR count). The Bertz CT molecular complexity index is 946. The van der Waals surface area contributed by atoms with E-state index >= 15 is 0 Å². The van der Waals surface area contributed by atoms with Crippen molar-refractivity contribution in [2.24, 2.45) is 0 Å². The molecule has 27 heavy (non-hydrogen) atoms. The van der Waals surface area contributed by atoms with Gasteiger partial charge in [-0.1, -0.05) is 24.3 Å². The molecule has 1 saturated heterocycles. The number of rotatable bonds is 3. The first kappa shape index (κ1) is 17.4. The lowest BCUT2D eigenvalue weighted by Gasteiger charge is -2.23. The van der Waals surface area contributed by atoms with Crippen LogP contribution in [0.4, 0.5) is 11.5 Å². The van der Waals surface area contributed by atoms with Crippen LogP contribution in [-0.2, 0) is 0 Å². The third kappa shape index (κ3) is 3.73. The lowest BCUT2D eigenvalue weighted by Crippen LogP contribution is -2.30. The molecular weight excluding hydrogens is 340 g/mol. The molecule has 3 aromatic rings. The van der Waals surface area contributed by atoms with Crippen molar-refractivity contribution in [2.45, 2.75) is 6.42 Å². The maximum atomic E-state index is 12.8. The van der Waals surface area contributed by atoms with Crippen LogP contribution in [-0.4, -0.2) is 59.2 Å². The first-order valence-corrected chi connectivity index (χ1v) is 9.12. The number of fused-ring (bicyclic) bond motifs is 1. The second-order valence-corrected chi connectivity index (χ2v) is 6.76. The Morgan fingerprint density at radius 1 is 1.00 bits per heavy atom. The van der Waals surface area contributed by atoms with Crippen LogP contribution in [0.5, 0.6) is 0 Å². The monoisotopic (exact) mass is 362 g/mol. The van der Waals surface area contributed by atoms with E-state index in [0.717, 1.165) is 49.2 Å². The van der Waals surface area contributed by atoms with Gasteiger partial charge < -0.3 is 15.1 Å². The molecule has 2 aromatic heterocycles. The number of nitrogens with one attached hydrogen (secondary N) is 1. The van der Waals surface area contributed by atoms with Crippen molar-refractivity contribution in [3.05, 3.63) is 54.5 Å². The van der Waals surface area contributed by atoms with E-state index in [9.17, 15) is 4.79 Å². The molecule has 0 atom stereocenters. The molecule has 138 valence electrons. The number of nitrogens with zero attached hydrogens (tertiary/aromatic N) is 5. The van der Waals surface area contributed by atoms with Crippen LogP contribution in [0.1, 0.15) is 16.9 Å². The van der Waals surface area contributed by atoms with Gasteiger partial charge in [0.05, 0.1) is 11.9 Å². The summed E-state index contributed by atoms with van der Waals surface area (Å²) in [7, 11) is 2.14. The number of amides is 1. The van der Waals surface area contributed by atoms with Gasteiger partial charge in [0.2, 0.25) is 0 Å². The maximum absolute atomic E-state index is 12.8. The average Bonchev–Trinajstić information content (AvgIpc) is 2.92. The topological polar surface area (TPSA) is 74.2 Å². The van der Waals surface area contributed by atoms with Gasteiger partial charge in [0.1, 0.15) is 0 Å². The van der Waals surface area contributed by atoms with Crippen molar-refractivity contribution in [3.63, 3.8) is 0 Å². The van der Waals surface area contributed by atoms with Crippen LogP contribution < -0.4 is 10.2 Å². The summed E-state index contributed by atoms with van der Waals surface area (Å²) in [5.41, 5.74) is 0.957. The number of carbonyl (C=O) groups is 1. The number of pyridine rings is 1. The van der Waals surface area contributed by atoms with E-state index in [-0.39, 0.29) is 5.91 Å². The van der Waals surface area contributed by atoms with Crippen LogP contribution in [0.25, 0.3) is 10.8 Å². The summed E-state index contributed by atoms with van der Waals surface area (Å²) in [6.07, 6.45) is 4.35. The van der Waals surface area contributed by atoms with Gasteiger partial charge in [-0.3, -0.25) is 9.78 Å². The van der Waals surface area contributed by atoms with Gasteiger partial charge in [-0.15, -0.1) is 10.2 Å². The number of hydrogen-bond donors (Lipinski definition) is 1. The number of likely N-dealkylation sites (N-methyl/N-ethyl adjacent to an activating group) is 1. The lowest BCUT2D eigenvalue weighted by atomic mass is 10.1. The van der Waals surface area contributed by atoms with Crippen LogP contribution in [0.2, 0.25) is 0 Å². The zero-order valence-corrected chi connectivity index (χ0v) is 15.3. The first-order chi connectivity index (χ1) is 13.2. The Balaban J connectivity index is 1.69. The minimum atomic E-state index is -0.283. The minimum Gasteiger partial charge on any atom is -0.353 e. The standard InChI is InChI=1S/C20H22N6O/c1-25-10-5-11-26(13-12-25)19-17-8-3-2-7-16(17)18(23-24-19)20(27)22-15-6-4-9-21-14-15/h2-4,6-9,14H,5,10-13H2,1H3,(H,22,27). The van der Waals surface area contributed by atoms with E-state index in [4.69, 9.17) is 0 Å². The molecule has 0 spiro atoms. The van der Waals surface area contributed by atoms with E-state index in [2.05, 4.69) is 37.3 Å². The molecule has 1 aromatic carbocycles. The van der Waals surface area contributed by atoms with Gasteiger partial charge in [0.25, 0.3) is 5.91 Å². The average molecular weight is 362 g/mol. The quantitative estimate of drug-likeness (QED) is 0.771. The van der Waals surface area contributed by atoms with Gasteiger partial charge >= 0.3 is 0 Å². The number of benzene rings is 1. The summed E-state index contributed by atoms with van der Waals surface area (Å²) < 4.78 is 0. The van der Waals surface area contributed by atoms with E-state index in [1.807, 2.05) is 24.3 Å². The van der Waals surface area contributed by atoms with E-state index < -0.39 is 0 Å². The van der Waals surface area contributed by atoms with Crippen LogP contribution >= 0.6 is 0 Å². The molecule has 0 aliphatic carbocycles. The van der Waals surface area contributed by atoms with Crippen molar-refractivity contribution in [1.29, 1.82) is 0 Å². The summed E-state index contributed by atoms with van der Waals surface area (Å²) in [6, 6.07) is 11.4. The molecule has 1 amide bonds. The minimum absolute atomic E-state index is 0.283. The van der Waals surface area contributed by atoms with Gasteiger partial charge in [0, 0.05) is 36.6 Å². The maximum Gasteiger partial charge on any atom is 0.276 e. The Morgan fingerprint density at radius 2 is 1.85 bits per heavy atom. The predicted molar refractivity (Wildman–Crippen MR) is 106 cm³/mol.